The van der Waals surface area contributed by atoms with Crippen LogP contribution in [0.25, 0.3) is 0 Å². The lowest BCUT2D eigenvalue weighted by atomic mass is 10.1. The third-order valence-corrected chi connectivity index (χ3v) is 3.93. The van der Waals surface area contributed by atoms with Crippen LogP contribution in [-0.4, -0.2) is 13.2 Å². The lowest BCUT2D eigenvalue weighted by Gasteiger charge is -2.10. The van der Waals surface area contributed by atoms with Crippen molar-refractivity contribution in [3.8, 4) is 11.5 Å². The summed E-state index contributed by atoms with van der Waals surface area (Å²) >= 11 is 1.69. The highest BCUT2D eigenvalue weighted by atomic mass is 32.1. The summed E-state index contributed by atoms with van der Waals surface area (Å²) in [5, 5.41) is 7.57. The van der Waals surface area contributed by atoms with E-state index < -0.39 is 0 Å². The largest absolute Gasteiger partial charge is 0.491 e. The first-order chi connectivity index (χ1) is 9.36. The molecule has 0 saturated carbocycles. The quantitative estimate of drug-likeness (QED) is 0.907. The molecule has 19 heavy (non-hydrogen) atoms. The molecule has 0 amide bonds. The van der Waals surface area contributed by atoms with E-state index in [0.717, 1.165) is 18.0 Å². The third-order valence-electron chi connectivity index (χ3n) is 3.20. The Balaban J connectivity index is 1.68. The second kappa shape index (κ2) is 5.63. The van der Waals surface area contributed by atoms with Crippen LogP contribution in [0.2, 0.25) is 0 Å². The minimum Gasteiger partial charge on any atom is -0.491 e. The van der Waals surface area contributed by atoms with Crippen LogP contribution in [0, 0.1) is 0 Å². The number of likely N-dealkylation sites (N-methyl/N-ethyl adjacent to an activating group) is 1. The van der Waals surface area contributed by atoms with Crippen molar-refractivity contribution in [3.05, 3.63) is 46.2 Å². The van der Waals surface area contributed by atoms with E-state index in [0.29, 0.717) is 19.3 Å². The standard InChI is InChI=1S/C15H17NO2S/c1-2-16-14-9-18-15-7-12(3-4-13(14)15)17-8-11-5-6-19-10-11/h3-7,10,14,16H,2,8-9H2,1H3. The van der Waals surface area contributed by atoms with Crippen molar-refractivity contribution in [3.63, 3.8) is 0 Å². The molecular formula is C15H17NO2S. The fraction of sp³-hybridized carbons (Fsp3) is 0.333. The van der Waals surface area contributed by atoms with Crippen LogP contribution in [0.3, 0.4) is 0 Å². The first-order valence-corrected chi connectivity index (χ1v) is 7.45. The van der Waals surface area contributed by atoms with Crippen LogP contribution in [-0.2, 0) is 6.61 Å². The normalized spacial score (nSPS) is 17.0. The second-order valence-corrected chi connectivity index (χ2v) is 5.32. The van der Waals surface area contributed by atoms with Crippen molar-refractivity contribution in [2.45, 2.75) is 19.6 Å². The van der Waals surface area contributed by atoms with E-state index >= 15 is 0 Å². The highest BCUT2D eigenvalue weighted by Gasteiger charge is 2.23. The van der Waals surface area contributed by atoms with Gasteiger partial charge >= 0.3 is 0 Å². The van der Waals surface area contributed by atoms with Gasteiger partial charge in [-0.3, -0.25) is 0 Å². The van der Waals surface area contributed by atoms with Crippen molar-refractivity contribution in [1.82, 2.24) is 5.32 Å². The summed E-state index contributed by atoms with van der Waals surface area (Å²) in [6.07, 6.45) is 0. The Bertz CT molecular complexity index is 539. The fourth-order valence-electron chi connectivity index (χ4n) is 2.24. The number of ether oxygens (including phenoxy) is 2. The van der Waals surface area contributed by atoms with Gasteiger partial charge in [0.05, 0.1) is 6.04 Å². The number of fused-ring (bicyclic) bond motifs is 1. The predicted octanol–water partition coefficient (Wildman–Crippen LogP) is 3.37. The van der Waals surface area contributed by atoms with Crippen LogP contribution < -0.4 is 14.8 Å². The molecule has 1 aromatic heterocycles. The first kappa shape index (κ1) is 12.5. The van der Waals surface area contributed by atoms with Gasteiger partial charge in [-0.2, -0.15) is 11.3 Å². The zero-order chi connectivity index (χ0) is 13.1. The SMILES string of the molecule is CCNC1COc2cc(OCc3ccsc3)ccc21. The molecule has 0 radical (unpaired) electrons. The Morgan fingerprint density at radius 1 is 1.42 bits per heavy atom. The summed E-state index contributed by atoms with van der Waals surface area (Å²) in [6.45, 7) is 4.37. The van der Waals surface area contributed by atoms with Crippen molar-refractivity contribution < 1.29 is 9.47 Å². The van der Waals surface area contributed by atoms with E-state index in [4.69, 9.17) is 9.47 Å². The van der Waals surface area contributed by atoms with Crippen LogP contribution >= 0.6 is 11.3 Å². The lowest BCUT2D eigenvalue weighted by Crippen LogP contribution is -2.21. The molecule has 1 aromatic carbocycles. The summed E-state index contributed by atoms with van der Waals surface area (Å²) in [4.78, 5) is 0. The summed E-state index contributed by atoms with van der Waals surface area (Å²) in [6, 6.07) is 8.49. The van der Waals surface area contributed by atoms with E-state index in [-0.39, 0.29) is 0 Å². The number of thiophene rings is 1. The third kappa shape index (κ3) is 2.74. The molecule has 3 rings (SSSR count). The van der Waals surface area contributed by atoms with Crippen LogP contribution in [0.1, 0.15) is 24.1 Å². The maximum Gasteiger partial charge on any atom is 0.128 e. The molecule has 2 aromatic rings. The van der Waals surface area contributed by atoms with Crippen LogP contribution in [0.4, 0.5) is 0 Å². The molecular weight excluding hydrogens is 258 g/mol. The van der Waals surface area contributed by atoms with Crippen LogP contribution in [0.5, 0.6) is 11.5 Å². The van der Waals surface area contributed by atoms with Crippen molar-refractivity contribution in [2.24, 2.45) is 0 Å². The molecule has 1 unspecified atom stereocenters. The molecule has 4 heteroatoms. The molecule has 0 spiro atoms. The van der Waals surface area contributed by atoms with Crippen molar-refractivity contribution >= 4 is 11.3 Å². The fourth-order valence-corrected chi connectivity index (χ4v) is 2.89. The molecule has 1 atom stereocenters. The molecule has 0 saturated heterocycles. The molecule has 1 aliphatic rings. The van der Waals surface area contributed by atoms with E-state index in [9.17, 15) is 0 Å². The Hall–Kier alpha value is -1.52. The zero-order valence-corrected chi connectivity index (χ0v) is 11.7. The molecule has 3 nitrogen and oxygen atoms in total. The van der Waals surface area contributed by atoms with Gasteiger partial charge in [0.2, 0.25) is 0 Å². The molecule has 100 valence electrons. The van der Waals surface area contributed by atoms with Gasteiger partial charge in [-0.05, 0) is 41.1 Å². The minimum atomic E-state index is 0.311. The number of rotatable bonds is 5. The van der Waals surface area contributed by atoms with Gasteiger partial charge in [-0.25, -0.2) is 0 Å². The monoisotopic (exact) mass is 275 g/mol. The number of benzene rings is 1. The molecule has 0 fully saturated rings. The van der Waals surface area contributed by atoms with Gasteiger partial charge in [0, 0.05) is 11.6 Å². The van der Waals surface area contributed by atoms with E-state index in [1.807, 2.05) is 12.1 Å². The van der Waals surface area contributed by atoms with Gasteiger partial charge in [0.15, 0.2) is 0 Å². The van der Waals surface area contributed by atoms with Crippen molar-refractivity contribution in [1.29, 1.82) is 0 Å². The summed E-state index contributed by atoms with van der Waals surface area (Å²) in [5.41, 5.74) is 2.43. The highest BCUT2D eigenvalue weighted by Crippen LogP contribution is 2.35. The Kier molecular flexibility index (Phi) is 3.71. The van der Waals surface area contributed by atoms with Gasteiger partial charge in [0.25, 0.3) is 0 Å². The Morgan fingerprint density at radius 2 is 2.37 bits per heavy atom. The average Bonchev–Trinajstić information content (AvgIpc) is 3.06. The van der Waals surface area contributed by atoms with Gasteiger partial charge < -0.3 is 14.8 Å². The highest BCUT2D eigenvalue weighted by molar-refractivity contribution is 7.07. The second-order valence-electron chi connectivity index (χ2n) is 4.54. The first-order valence-electron chi connectivity index (χ1n) is 6.51. The lowest BCUT2D eigenvalue weighted by molar-refractivity contribution is 0.298. The minimum absolute atomic E-state index is 0.311. The summed E-state index contributed by atoms with van der Waals surface area (Å²) in [7, 11) is 0. The average molecular weight is 275 g/mol. The maximum atomic E-state index is 5.78. The molecule has 2 heterocycles. The van der Waals surface area contributed by atoms with Gasteiger partial charge in [-0.15, -0.1) is 0 Å². The van der Waals surface area contributed by atoms with Crippen molar-refractivity contribution in [2.75, 3.05) is 13.2 Å². The number of hydrogen-bond donors (Lipinski definition) is 1. The van der Waals surface area contributed by atoms with Gasteiger partial charge in [-0.1, -0.05) is 6.92 Å². The number of nitrogens with one attached hydrogen (secondary N) is 1. The topological polar surface area (TPSA) is 30.5 Å². The van der Waals surface area contributed by atoms with E-state index in [1.54, 1.807) is 11.3 Å². The molecule has 0 bridgehead atoms. The van der Waals surface area contributed by atoms with E-state index in [1.165, 1.54) is 11.1 Å². The summed E-state index contributed by atoms with van der Waals surface area (Å²) in [5.74, 6) is 1.80. The predicted molar refractivity (Wildman–Crippen MR) is 77.0 cm³/mol. The smallest absolute Gasteiger partial charge is 0.128 e. The van der Waals surface area contributed by atoms with Crippen LogP contribution in [0.15, 0.2) is 35.0 Å². The Labute approximate surface area is 117 Å². The number of hydrogen-bond acceptors (Lipinski definition) is 4. The Morgan fingerprint density at radius 3 is 3.16 bits per heavy atom. The molecule has 1 aliphatic heterocycles. The zero-order valence-electron chi connectivity index (χ0n) is 10.9. The van der Waals surface area contributed by atoms with E-state index in [2.05, 4.69) is 35.1 Å². The maximum absolute atomic E-state index is 5.78. The van der Waals surface area contributed by atoms with Gasteiger partial charge in [0.1, 0.15) is 24.7 Å². The molecule has 0 aliphatic carbocycles. The summed E-state index contributed by atoms with van der Waals surface area (Å²) < 4.78 is 11.5. The molecule has 1 N–H and O–H groups in total.